The number of ether oxygens (including phenoxy) is 1. The summed E-state index contributed by atoms with van der Waals surface area (Å²) in [5.74, 6) is 1.60. The van der Waals surface area contributed by atoms with E-state index in [2.05, 4.69) is 19.2 Å². The molecular formula is C15H23NO2. The summed E-state index contributed by atoms with van der Waals surface area (Å²) in [6, 6.07) is 1.91. The third-order valence-corrected chi connectivity index (χ3v) is 4.08. The van der Waals surface area contributed by atoms with E-state index in [1.807, 2.05) is 6.07 Å². The number of phenolic OH excluding ortho intramolecular Hbond substituents is 1. The molecule has 0 saturated carbocycles. The van der Waals surface area contributed by atoms with Gasteiger partial charge in [0, 0.05) is 5.56 Å². The molecule has 0 spiro atoms. The van der Waals surface area contributed by atoms with Crippen LogP contribution in [0.1, 0.15) is 29.5 Å². The lowest BCUT2D eigenvalue weighted by molar-refractivity contribution is 0.351. The molecule has 1 saturated heterocycles. The molecule has 2 rings (SSSR count). The molecule has 1 aliphatic rings. The molecule has 18 heavy (non-hydrogen) atoms. The summed E-state index contributed by atoms with van der Waals surface area (Å²) in [4.78, 5) is 0. The highest BCUT2D eigenvalue weighted by Crippen LogP contribution is 2.36. The maximum absolute atomic E-state index is 10.3. The average molecular weight is 249 g/mol. The topological polar surface area (TPSA) is 41.5 Å². The predicted molar refractivity (Wildman–Crippen MR) is 73.4 cm³/mol. The van der Waals surface area contributed by atoms with Crippen LogP contribution in [-0.2, 0) is 6.42 Å². The minimum absolute atomic E-state index is 0.333. The van der Waals surface area contributed by atoms with Crippen molar-refractivity contribution in [1.82, 2.24) is 5.32 Å². The number of hydrogen-bond acceptors (Lipinski definition) is 3. The van der Waals surface area contributed by atoms with Crippen LogP contribution in [0.25, 0.3) is 0 Å². The molecule has 1 heterocycles. The SMILES string of the molecule is COc1cc(C)c(C)c(CC2CCNCC2)c1O. The first-order valence-corrected chi connectivity index (χ1v) is 6.70. The number of nitrogens with one attached hydrogen (secondary N) is 1. The van der Waals surface area contributed by atoms with Gasteiger partial charge in [-0.3, -0.25) is 0 Å². The van der Waals surface area contributed by atoms with Crippen molar-refractivity contribution >= 4 is 0 Å². The Kier molecular flexibility index (Phi) is 4.12. The summed E-state index contributed by atoms with van der Waals surface area (Å²) < 4.78 is 5.25. The molecule has 0 aromatic heterocycles. The van der Waals surface area contributed by atoms with Crippen LogP contribution in [-0.4, -0.2) is 25.3 Å². The van der Waals surface area contributed by atoms with Crippen molar-refractivity contribution in [3.8, 4) is 11.5 Å². The second-order valence-corrected chi connectivity index (χ2v) is 5.25. The van der Waals surface area contributed by atoms with Crippen LogP contribution in [0.15, 0.2) is 6.07 Å². The molecule has 0 radical (unpaired) electrons. The molecule has 0 bridgehead atoms. The van der Waals surface area contributed by atoms with E-state index in [9.17, 15) is 5.11 Å². The summed E-state index contributed by atoms with van der Waals surface area (Å²) in [5, 5.41) is 13.7. The molecule has 0 aliphatic carbocycles. The molecule has 0 atom stereocenters. The van der Waals surface area contributed by atoms with Gasteiger partial charge >= 0.3 is 0 Å². The lowest BCUT2D eigenvalue weighted by Crippen LogP contribution is -2.28. The fraction of sp³-hybridized carbons (Fsp3) is 0.600. The van der Waals surface area contributed by atoms with E-state index in [1.165, 1.54) is 24.0 Å². The molecule has 3 nitrogen and oxygen atoms in total. The van der Waals surface area contributed by atoms with Crippen LogP contribution >= 0.6 is 0 Å². The number of phenols is 1. The van der Waals surface area contributed by atoms with Crippen LogP contribution in [0.5, 0.6) is 11.5 Å². The molecule has 1 aromatic carbocycles. The molecule has 1 aliphatic heterocycles. The van der Waals surface area contributed by atoms with Gasteiger partial charge in [-0.05, 0) is 69.3 Å². The Morgan fingerprint density at radius 3 is 2.61 bits per heavy atom. The second kappa shape index (κ2) is 5.61. The standard InChI is InChI=1S/C15H23NO2/c1-10-8-14(18-3)15(17)13(11(10)2)9-12-4-6-16-7-5-12/h8,12,16-17H,4-7,9H2,1-3H3. The summed E-state index contributed by atoms with van der Waals surface area (Å²) >= 11 is 0. The number of rotatable bonds is 3. The molecule has 100 valence electrons. The van der Waals surface area contributed by atoms with Gasteiger partial charge in [-0.15, -0.1) is 0 Å². The average Bonchev–Trinajstić information content (AvgIpc) is 2.40. The number of piperidine rings is 1. The Bertz CT molecular complexity index is 423. The molecule has 1 aromatic rings. The zero-order chi connectivity index (χ0) is 13.1. The van der Waals surface area contributed by atoms with E-state index >= 15 is 0 Å². The first kappa shape index (κ1) is 13.2. The summed E-state index contributed by atoms with van der Waals surface area (Å²) in [6.07, 6.45) is 3.33. The Labute approximate surface area is 109 Å². The van der Waals surface area contributed by atoms with Crippen LogP contribution in [0.4, 0.5) is 0 Å². The first-order valence-electron chi connectivity index (χ1n) is 6.70. The lowest BCUT2D eigenvalue weighted by atomic mass is 9.87. The van der Waals surface area contributed by atoms with Crippen molar-refractivity contribution in [2.75, 3.05) is 20.2 Å². The first-order chi connectivity index (χ1) is 8.63. The highest BCUT2D eigenvalue weighted by molar-refractivity contribution is 5.53. The Balaban J connectivity index is 2.27. The summed E-state index contributed by atoms with van der Waals surface area (Å²) in [5.41, 5.74) is 3.46. The van der Waals surface area contributed by atoms with Gasteiger partial charge < -0.3 is 15.2 Å². The zero-order valence-electron chi connectivity index (χ0n) is 11.5. The molecule has 2 N–H and O–H groups in total. The van der Waals surface area contributed by atoms with E-state index in [0.717, 1.165) is 25.1 Å². The molecule has 3 heteroatoms. The van der Waals surface area contributed by atoms with Crippen molar-refractivity contribution in [3.63, 3.8) is 0 Å². The van der Waals surface area contributed by atoms with Crippen molar-refractivity contribution in [1.29, 1.82) is 0 Å². The van der Waals surface area contributed by atoms with Crippen LogP contribution in [0.2, 0.25) is 0 Å². The zero-order valence-corrected chi connectivity index (χ0v) is 11.5. The Hall–Kier alpha value is -1.22. The fourth-order valence-electron chi connectivity index (χ4n) is 2.72. The van der Waals surface area contributed by atoms with E-state index in [4.69, 9.17) is 4.74 Å². The van der Waals surface area contributed by atoms with Crippen molar-refractivity contribution in [2.45, 2.75) is 33.1 Å². The van der Waals surface area contributed by atoms with Crippen molar-refractivity contribution < 1.29 is 9.84 Å². The monoisotopic (exact) mass is 249 g/mol. The van der Waals surface area contributed by atoms with Crippen molar-refractivity contribution in [3.05, 3.63) is 22.8 Å². The Morgan fingerprint density at radius 2 is 2.00 bits per heavy atom. The quantitative estimate of drug-likeness (QED) is 0.865. The maximum atomic E-state index is 10.3. The third kappa shape index (κ3) is 2.61. The number of methoxy groups -OCH3 is 1. The minimum Gasteiger partial charge on any atom is -0.504 e. The third-order valence-electron chi connectivity index (χ3n) is 4.08. The predicted octanol–water partition coefficient (Wildman–Crippen LogP) is 2.56. The number of aromatic hydroxyl groups is 1. The van der Waals surface area contributed by atoms with Gasteiger partial charge in [0.05, 0.1) is 7.11 Å². The largest absolute Gasteiger partial charge is 0.504 e. The molecule has 0 amide bonds. The Morgan fingerprint density at radius 1 is 1.33 bits per heavy atom. The summed E-state index contributed by atoms with van der Waals surface area (Å²) in [7, 11) is 1.61. The van der Waals surface area contributed by atoms with E-state index in [-0.39, 0.29) is 0 Å². The van der Waals surface area contributed by atoms with Gasteiger partial charge in [0.25, 0.3) is 0 Å². The summed E-state index contributed by atoms with van der Waals surface area (Å²) in [6.45, 7) is 6.34. The molecule has 1 fully saturated rings. The fourth-order valence-corrected chi connectivity index (χ4v) is 2.72. The van der Waals surface area contributed by atoms with Crippen LogP contribution in [0, 0.1) is 19.8 Å². The van der Waals surface area contributed by atoms with E-state index in [1.54, 1.807) is 7.11 Å². The van der Waals surface area contributed by atoms with Gasteiger partial charge in [-0.2, -0.15) is 0 Å². The van der Waals surface area contributed by atoms with Gasteiger partial charge in [0.2, 0.25) is 0 Å². The van der Waals surface area contributed by atoms with Gasteiger partial charge in [-0.1, -0.05) is 0 Å². The van der Waals surface area contributed by atoms with Crippen LogP contribution in [0.3, 0.4) is 0 Å². The number of aryl methyl sites for hydroxylation is 1. The highest BCUT2D eigenvalue weighted by atomic mass is 16.5. The highest BCUT2D eigenvalue weighted by Gasteiger charge is 2.19. The lowest BCUT2D eigenvalue weighted by Gasteiger charge is -2.24. The van der Waals surface area contributed by atoms with Crippen LogP contribution < -0.4 is 10.1 Å². The normalized spacial score (nSPS) is 16.8. The van der Waals surface area contributed by atoms with Gasteiger partial charge in [0.15, 0.2) is 11.5 Å². The molecule has 0 unspecified atom stereocenters. The van der Waals surface area contributed by atoms with E-state index in [0.29, 0.717) is 17.4 Å². The van der Waals surface area contributed by atoms with Gasteiger partial charge in [-0.25, -0.2) is 0 Å². The minimum atomic E-state index is 0.333. The van der Waals surface area contributed by atoms with E-state index < -0.39 is 0 Å². The van der Waals surface area contributed by atoms with Crippen molar-refractivity contribution in [2.24, 2.45) is 5.92 Å². The maximum Gasteiger partial charge on any atom is 0.161 e. The number of hydrogen-bond donors (Lipinski definition) is 2. The smallest absolute Gasteiger partial charge is 0.161 e. The van der Waals surface area contributed by atoms with Gasteiger partial charge in [0.1, 0.15) is 0 Å². The second-order valence-electron chi connectivity index (χ2n) is 5.25. The number of benzene rings is 1. The molecular weight excluding hydrogens is 226 g/mol.